The number of carboxylic acid groups (broad SMARTS) is 1. The van der Waals surface area contributed by atoms with Gasteiger partial charge < -0.3 is 19.9 Å². The van der Waals surface area contributed by atoms with Crippen LogP contribution in [0, 0.1) is 0 Å². The second kappa shape index (κ2) is 7.10. The number of aliphatic carboxylic acids is 1. The zero-order valence-electron chi connectivity index (χ0n) is 10.5. The maximum absolute atomic E-state index is 11.9. The van der Waals surface area contributed by atoms with E-state index in [2.05, 4.69) is 21.2 Å². The van der Waals surface area contributed by atoms with Gasteiger partial charge in [-0.05, 0) is 34.1 Å². The lowest BCUT2D eigenvalue weighted by molar-refractivity contribution is -0.140. The molecule has 7 heteroatoms. The first kappa shape index (κ1) is 15.5. The number of methoxy groups -OCH3 is 2. The summed E-state index contributed by atoms with van der Waals surface area (Å²) in [6.07, 6.45) is 0. The molecule has 1 unspecified atom stereocenters. The Morgan fingerprint density at radius 1 is 1.42 bits per heavy atom. The Balaban J connectivity index is 2.82. The number of halogens is 1. The summed E-state index contributed by atoms with van der Waals surface area (Å²) >= 11 is 3.26. The van der Waals surface area contributed by atoms with Crippen LogP contribution in [0.2, 0.25) is 0 Å². The largest absolute Gasteiger partial charge is 0.496 e. The van der Waals surface area contributed by atoms with E-state index in [9.17, 15) is 9.59 Å². The van der Waals surface area contributed by atoms with Gasteiger partial charge in [0.15, 0.2) is 6.04 Å². The third-order valence-corrected chi connectivity index (χ3v) is 2.97. The summed E-state index contributed by atoms with van der Waals surface area (Å²) in [5.41, 5.74) is 0.329. The summed E-state index contributed by atoms with van der Waals surface area (Å²) in [6.45, 7) is -0.0988. The molecule has 1 rings (SSSR count). The van der Waals surface area contributed by atoms with Crippen molar-refractivity contribution in [3.8, 4) is 5.75 Å². The van der Waals surface area contributed by atoms with Crippen molar-refractivity contribution in [2.45, 2.75) is 6.04 Å². The average molecular weight is 332 g/mol. The molecule has 1 amide bonds. The van der Waals surface area contributed by atoms with Crippen LogP contribution in [0.1, 0.15) is 10.4 Å². The number of ether oxygens (including phenoxy) is 2. The van der Waals surface area contributed by atoms with Gasteiger partial charge in [-0.15, -0.1) is 0 Å². The van der Waals surface area contributed by atoms with Crippen LogP contribution < -0.4 is 10.1 Å². The molecule has 0 aliphatic heterocycles. The molecule has 0 saturated carbocycles. The molecular formula is C12H14BrNO5. The van der Waals surface area contributed by atoms with Crippen LogP contribution in [0.15, 0.2) is 22.7 Å². The molecule has 2 N–H and O–H groups in total. The highest BCUT2D eigenvalue weighted by atomic mass is 79.9. The minimum absolute atomic E-state index is 0.0988. The predicted molar refractivity (Wildman–Crippen MR) is 71.5 cm³/mol. The third kappa shape index (κ3) is 4.22. The van der Waals surface area contributed by atoms with Crippen molar-refractivity contribution < 1.29 is 24.2 Å². The fourth-order valence-electron chi connectivity index (χ4n) is 1.39. The highest BCUT2D eigenvalue weighted by Gasteiger charge is 2.20. The molecule has 0 radical (unpaired) electrons. The second-order valence-corrected chi connectivity index (χ2v) is 4.52. The Hall–Kier alpha value is -1.60. The van der Waals surface area contributed by atoms with Crippen molar-refractivity contribution in [2.75, 3.05) is 20.8 Å². The van der Waals surface area contributed by atoms with Gasteiger partial charge in [-0.2, -0.15) is 0 Å². The van der Waals surface area contributed by atoms with Crippen LogP contribution in [0.3, 0.4) is 0 Å². The Morgan fingerprint density at radius 2 is 2.11 bits per heavy atom. The lowest BCUT2D eigenvalue weighted by Crippen LogP contribution is -2.43. The number of carbonyl (C=O) groups is 2. The number of carboxylic acids is 1. The first-order valence-electron chi connectivity index (χ1n) is 5.35. The van der Waals surface area contributed by atoms with Crippen LogP contribution in [0.25, 0.3) is 0 Å². The van der Waals surface area contributed by atoms with Gasteiger partial charge in [0.2, 0.25) is 0 Å². The van der Waals surface area contributed by atoms with Crippen LogP contribution in [0.4, 0.5) is 0 Å². The zero-order valence-corrected chi connectivity index (χ0v) is 12.1. The number of hydrogen-bond donors (Lipinski definition) is 2. The van der Waals surface area contributed by atoms with E-state index in [-0.39, 0.29) is 6.61 Å². The Bertz CT molecular complexity index is 477. The molecule has 104 valence electrons. The van der Waals surface area contributed by atoms with Crippen molar-refractivity contribution in [3.63, 3.8) is 0 Å². The van der Waals surface area contributed by atoms with E-state index < -0.39 is 17.9 Å². The molecule has 0 aliphatic carbocycles. The van der Waals surface area contributed by atoms with Crippen LogP contribution >= 0.6 is 15.9 Å². The maximum atomic E-state index is 11.9. The van der Waals surface area contributed by atoms with Gasteiger partial charge in [0.1, 0.15) is 5.75 Å². The van der Waals surface area contributed by atoms with Gasteiger partial charge >= 0.3 is 5.97 Å². The highest BCUT2D eigenvalue weighted by Crippen LogP contribution is 2.25. The standard InChI is InChI=1S/C12H14BrNO5/c1-18-6-9(12(16)17)14-11(15)7-3-4-10(19-2)8(13)5-7/h3-5,9H,6H2,1-2H3,(H,14,15)(H,16,17). The maximum Gasteiger partial charge on any atom is 0.328 e. The normalized spacial score (nSPS) is 11.7. The van der Waals surface area contributed by atoms with Crippen molar-refractivity contribution >= 4 is 27.8 Å². The van der Waals surface area contributed by atoms with Gasteiger partial charge in [-0.25, -0.2) is 4.79 Å². The summed E-state index contributed by atoms with van der Waals surface area (Å²) in [7, 11) is 2.88. The van der Waals surface area contributed by atoms with Gasteiger partial charge in [0, 0.05) is 12.7 Å². The lowest BCUT2D eigenvalue weighted by Gasteiger charge is -2.14. The molecule has 0 fully saturated rings. The van der Waals surface area contributed by atoms with E-state index in [0.717, 1.165) is 0 Å². The molecule has 0 bridgehead atoms. The Labute approximate surface area is 118 Å². The Kier molecular flexibility index (Phi) is 5.78. The van der Waals surface area contributed by atoms with Crippen molar-refractivity contribution in [1.29, 1.82) is 0 Å². The van der Waals surface area contributed by atoms with E-state index in [1.807, 2.05) is 0 Å². The first-order valence-corrected chi connectivity index (χ1v) is 6.15. The average Bonchev–Trinajstić information content (AvgIpc) is 2.37. The summed E-state index contributed by atoms with van der Waals surface area (Å²) in [5.74, 6) is -1.06. The number of rotatable bonds is 6. The van der Waals surface area contributed by atoms with E-state index in [1.165, 1.54) is 14.2 Å². The van der Waals surface area contributed by atoms with Gasteiger partial charge in [-0.1, -0.05) is 0 Å². The molecular weight excluding hydrogens is 318 g/mol. The SMILES string of the molecule is COCC(NC(=O)c1ccc(OC)c(Br)c1)C(=O)O. The number of amides is 1. The number of nitrogens with one attached hydrogen (secondary N) is 1. The molecule has 0 heterocycles. The van der Waals surface area contributed by atoms with Gasteiger partial charge in [0.25, 0.3) is 5.91 Å². The molecule has 1 aromatic carbocycles. The predicted octanol–water partition coefficient (Wildman–Crippen LogP) is 1.29. The molecule has 1 aromatic rings. The summed E-state index contributed by atoms with van der Waals surface area (Å²) < 4.78 is 10.4. The Morgan fingerprint density at radius 3 is 2.58 bits per heavy atom. The number of carbonyl (C=O) groups excluding carboxylic acids is 1. The van der Waals surface area contributed by atoms with Crippen LogP contribution in [0.5, 0.6) is 5.75 Å². The quantitative estimate of drug-likeness (QED) is 0.820. The fraction of sp³-hybridized carbons (Fsp3) is 0.333. The minimum Gasteiger partial charge on any atom is -0.496 e. The number of hydrogen-bond acceptors (Lipinski definition) is 4. The topological polar surface area (TPSA) is 84.9 Å². The molecule has 0 aromatic heterocycles. The van der Waals surface area contributed by atoms with Crippen LogP contribution in [-0.4, -0.2) is 43.9 Å². The molecule has 19 heavy (non-hydrogen) atoms. The van der Waals surface area contributed by atoms with Gasteiger partial charge in [0.05, 0.1) is 18.2 Å². The van der Waals surface area contributed by atoms with E-state index in [0.29, 0.717) is 15.8 Å². The molecule has 0 spiro atoms. The van der Waals surface area contributed by atoms with E-state index in [4.69, 9.17) is 14.6 Å². The summed E-state index contributed by atoms with van der Waals surface area (Å²) in [5, 5.41) is 11.3. The molecule has 0 saturated heterocycles. The summed E-state index contributed by atoms with van der Waals surface area (Å²) in [6, 6.07) is 3.63. The smallest absolute Gasteiger partial charge is 0.328 e. The number of benzene rings is 1. The van der Waals surface area contributed by atoms with Gasteiger partial charge in [-0.3, -0.25) is 4.79 Å². The van der Waals surface area contributed by atoms with Crippen LogP contribution in [-0.2, 0) is 9.53 Å². The van der Waals surface area contributed by atoms with Crippen molar-refractivity contribution in [2.24, 2.45) is 0 Å². The first-order chi connectivity index (χ1) is 8.99. The van der Waals surface area contributed by atoms with E-state index >= 15 is 0 Å². The molecule has 6 nitrogen and oxygen atoms in total. The molecule has 0 aliphatic rings. The highest BCUT2D eigenvalue weighted by molar-refractivity contribution is 9.10. The second-order valence-electron chi connectivity index (χ2n) is 3.67. The molecule has 1 atom stereocenters. The minimum atomic E-state index is -1.15. The van der Waals surface area contributed by atoms with E-state index in [1.54, 1.807) is 18.2 Å². The van der Waals surface area contributed by atoms with Crippen molar-refractivity contribution in [1.82, 2.24) is 5.32 Å². The summed E-state index contributed by atoms with van der Waals surface area (Å²) in [4.78, 5) is 22.8. The third-order valence-electron chi connectivity index (χ3n) is 2.35. The monoisotopic (exact) mass is 331 g/mol. The van der Waals surface area contributed by atoms with Crippen molar-refractivity contribution in [3.05, 3.63) is 28.2 Å². The zero-order chi connectivity index (χ0) is 14.4. The lowest BCUT2D eigenvalue weighted by atomic mass is 10.2. The fourth-order valence-corrected chi connectivity index (χ4v) is 1.93.